The standard InChI is InChI=1S/C7H14N2O2/c1-11-7(10)9-8-6-4-2-3-5-6/h6,8H,2-5H2,1H3,(H,9,10). The fraction of sp³-hybridized carbons (Fsp3) is 0.857. The zero-order valence-electron chi connectivity index (χ0n) is 6.72. The van der Waals surface area contributed by atoms with Crippen LogP contribution in [0.5, 0.6) is 0 Å². The molecule has 64 valence electrons. The summed E-state index contributed by atoms with van der Waals surface area (Å²) in [6.07, 6.45) is 4.37. The summed E-state index contributed by atoms with van der Waals surface area (Å²) >= 11 is 0. The van der Waals surface area contributed by atoms with Gasteiger partial charge >= 0.3 is 6.09 Å². The van der Waals surface area contributed by atoms with Gasteiger partial charge in [0, 0.05) is 6.04 Å². The van der Waals surface area contributed by atoms with Crippen LogP contribution in [0.4, 0.5) is 4.79 Å². The van der Waals surface area contributed by atoms with Crippen LogP contribution >= 0.6 is 0 Å². The number of carbonyl (C=O) groups excluding carboxylic acids is 1. The molecule has 0 atom stereocenters. The molecule has 1 fully saturated rings. The second kappa shape index (κ2) is 4.18. The topological polar surface area (TPSA) is 50.4 Å². The first-order valence-corrected chi connectivity index (χ1v) is 3.92. The summed E-state index contributed by atoms with van der Waals surface area (Å²) < 4.78 is 4.40. The number of ether oxygens (including phenoxy) is 1. The van der Waals surface area contributed by atoms with Crippen molar-refractivity contribution in [1.29, 1.82) is 0 Å². The van der Waals surface area contributed by atoms with E-state index in [0.29, 0.717) is 6.04 Å². The van der Waals surface area contributed by atoms with Gasteiger partial charge in [-0.15, -0.1) is 0 Å². The first-order valence-electron chi connectivity index (χ1n) is 3.92. The zero-order valence-corrected chi connectivity index (χ0v) is 6.72. The van der Waals surface area contributed by atoms with Crippen LogP contribution in [0.1, 0.15) is 25.7 Å². The third kappa shape index (κ3) is 2.76. The Morgan fingerprint density at radius 3 is 2.64 bits per heavy atom. The lowest BCUT2D eigenvalue weighted by molar-refractivity contribution is 0.163. The summed E-state index contributed by atoms with van der Waals surface area (Å²) in [6, 6.07) is 0.439. The van der Waals surface area contributed by atoms with E-state index in [9.17, 15) is 4.79 Å². The number of rotatable bonds is 2. The molecule has 1 rings (SSSR count). The summed E-state index contributed by atoms with van der Waals surface area (Å²) in [5, 5.41) is 0. The molecule has 2 N–H and O–H groups in total. The summed E-state index contributed by atoms with van der Waals surface area (Å²) in [7, 11) is 1.35. The predicted molar refractivity (Wildman–Crippen MR) is 40.9 cm³/mol. The molecule has 0 radical (unpaired) electrons. The smallest absolute Gasteiger partial charge is 0.421 e. The van der Waals surface area contributed by atoms with E-state index < -0.39 is 6.09 Å². The number of hydrogen-bond acceptors (Lipinski definition) is 3. The lowest BCUT2D eigenvalue weighted by atomic mass is 10.3. The molecule has 1 aliphatic rings. The van der Waals surface area contributed by atoms with E-state index >= 15 is 0 Å². The fourth-order valence-corrected chi connectivity index (χ4v) is 1.28. The average molecular weight is 158 g/mol. The third-order valence-electron chi connectivity index (χ3n) is 1.92. The van der Waals surface area contributed by atoms with Crippen LogP contribution in [-0.4, -0.2) is 19.2 Å². The molecule has 0 aromatic carbocycles. The summed E-state index contributed by atoms with van der Waals surface area (Å²) in [4.78, 5) is 10.6. The number of nitrogens with one attached hydrogen (secondary N) is 2. The van der Waals surface area contributed by atoms with Crippen LogP contribution < -0.4 is 10.9 Å². The van der Waals surface area contributed by atoms with Crippen molar-refractivity contribution in [3.63, 3.8) is 0 Å². The molecular formula is C7H14N2O2. The maximum Gasteiger partial charge on any atom is 0.421 e. The summed E-state index contributed by atoms with van der Waals surface area (Å²) in [6.45, 7) is 0. The van der Waals surface area contributed by atoms with Gasteiger partial charge in [0.2, 0.25) is 0 Å². The zero-order chi connectivity index (χ0) is 8.10. The molecule has 0 bridgehead atoms. The van der Waals surface area contributed by atoms with Gasteiger partial charge in [0.25, 0.3) is 0 Å². The SMILES string of the molecule is COC(=O)NNC1CCCC1. The highest BCUT2D eigenvalue weighted by Crippen LogP contribution is 2.16. The molecule has 11 heavy (non-hydrogen) atoms. The Bertz CT molecular complexity index is 132. The number of methoxy groups -OCH3 is 1. The van der Waals surface area contributed by atoms with Crippen LogP contribution in [-0.2, 0) is 4.74 Å². The third-order valence-corrected chi connectivity index (χ3v) is 1.92. The molecular weight excluding hydrogens is 144 g/mol. The minimum atomic E-state index is -0.420. The van der Waals surface area contributed by atoms with Crippen LogP contribution in [0.25, 0.3) is 0 Å². The van der Waals surface area contributed by atoms with Crippen LogP contribution in [0.3, 0.4) is 0 Å². The van der Waals surface area contributed by atoms with E-state index in [1.807, 2.05) is 0 Å². The van der Waals surface area contributed by atoms with E-state index in [1.165, 1.54) is 20.0 Å². The second-order valence-electron chi connectivity index (χ2n) is 2.74. The van der Waals surface area contributed by atoms with Crippen molar-refractivity contribution in [3.05, 3.63) is 0 Å². The highest BCUT2D eigenvalue weighted by Gasteiger charge is 2.14. The minimum absolute atomic E-state index is 0.420. The maximum atomic E-state index is 10.6. The van der Waals surface area contributed by atoms with Crippen molar-refractivity contribution < 1.29 is 9.53 Å². The lowest BCUT2D eigenvalue weighted by Gasteiger charge is -2.11. The average Bonchev–Trinajstić information content (AvgIpc) is 2.52. The number of amides is 1. The monoisotopic (exact) mass is 158 g/mol. The first-order chi connectivity index (χ1) is 5.33. The molecule has 0 aromatic rings. The molecule has 0 aromatic heterocycles. The Hall–Kier alpha value is -0.770. The predicted octanol–water partition coefficient (Wildman–Crippen LogP) is 0.790. The number of hydrazine groups is 1. The molecule has 4 nitrogen and oxygen atoms in total. The summed E-state index contributed by atoms with van der Waals surface area (Å²) in [5.74, 6) is 0. The Morgan fingerprint density at radius 1 is 1.45 bits per heavy atom. The maximum absolute atomic E-state index is 10.6. The Balaban J connectivity index is 2.06. The van der Waals surface area contributed by atoms with Crippen molar-refractivity contribution in [3.8, 4) is 0 Å². The van der Waals surface area contributed by atoms with E-state index in [0.717, 1.165) is 12.8 Å². The van der Waals surface area contributed by atoms with Crippen LogP contribution in [0.2, 0.25) is 0 Å². The minimum Gasteiger partial charge on any atom is -0.452 e. The molecule has 0 saturated heterocycles. The first kappa shape index (κ1) is 8.33. The van der Waals surface area contributed by atoms with Gasteiger partial charge in [-0.25, -0.2) is 10.2 Å². The molecule has 0 heterocycles. The summed E-state index contributed by atoms with van der Waals surface area (Å²) in [5.41, 5.74) is 5.37. The fourth-order valence-electron chi connectivity index (χ4n) is 1.28. The van der Waals surface area contributed by atoms with Crippen molar-refractivity contribution in [2.24, 2.45) is 0 Å². The van der Waals surface area contributed by atoms with Gasteiger partial charge in [-0.3, -0.25) is 5.43 Å². The van der Waals surface area contributed by atoms with Gasteiger partial charge in [-0.05, 0) is 12.8 Å². The number of carbonyl (C=O) groups is 1. The van der Waals surface area contributed by atoms with Gasteiger partial charge < -0.3 is 4.74 Å². The lowest BCUT2D eigenvalue weighted by Crippen LogP contribution is -2.42. The molecule has 4 heteroatoms. The highest BCUT2D eigenvalue weighted by atomic mass is 16.5. The highest BCUT2D eigenvalue weighted by molar-refractivity contribution is 5.66. The Morgan fingerprint density at radius 2 is 2.09 bits per heavy atom. The number of hydrogen-bond donors (Lipinski definition) is 2. The molecule has 0 spiro atoms. The van der Waals surface area contributed by atoms with E-state index in [4.69, 9.17) is 0 Å². The van der Waals surface area contributed by atoms with Crippen LogP contribution in [0, 0.1) is 0 Å². The van der Waals surface area contributed by atoms with Gasteiger partial charge in [-0.1, -0.05) is 12.8 Å². The van der Waals surface area contributed by atoms with Gasteiger partial charge in [0.1, 0.15) is 0 Å². The Labute approximate surface area is 66.3 Å². The van der Waals surface area contributed by atoms with Gasteiger partial charge in [0.15, 0.2) is 0 Å². The van der Waals surface area contributed by atoms with Gasteiger partial charge in [0.05, 0.1) is 7.11 Å². The second-order valence-corrected chi connectivity index (χ2v) is 2.74. The van der Waals surface area contributed by atoms with E-state index in [-0.39, 0.29) is 0 Å². The normalized spacial score (nSPS) is 18.3. The molecule has 0 aliphatic heterocycles. The Kier molecular flexibility index (Phi) is 3.16. The quantitative estimate of drug-likeness (QED) is 0.584. The van der Waals surface area contributed by atoms with E-state index in [2.05, 4.69) is 15.6 Å². The van der Waals surface area contributed by atoms with Crippen molar-refractivity contribution >= 4 is 6.09 Å². The van der Waals surface area contributed by atoms with Crippen molar-refractivity contribution in [2.45, 2.75) is 31.7 Å². The van der Waals surface area contributed by atoms with Crippen molar-refractivity contribution in [1.82, 2.24) is 10.9 Å². The largest absolute Gasteiger partial charge is 0.452 e. The van der Waals surface area contributed by atoms with Crippen molar-refractivity contribution in [2.75, 3.05) is 7.11 Å². The molecule has 1 saturated carbocycles. The molecule has 1 amide bonds. The molecule has 1 aliphatic carbocycles. The molecule has 0 unspecified atom stereocenters. The van der Waals surface area contributed by atoms with E-state index in [1.54, 1.807) is 0 Å². The van der Waals surface area contributed by atoms with Crippen LogP contribution in [0.15, 0.2) is 0 Å². The van der Waals surface area contributed by atoms with Gasteiger partial charge in [-0.2, -0.15) is 0 Å².